The molecule has 2 heteroatoms. The number of fused-ring (bicyclic) bond motifs is 1. The Morgan fingerprint density at radius 2 is 1.92 bits per heavy atom. The van der Waals surface area contributed by atoms with Crippen LogP contribution in [-0.4, -0.2) is 4.98 Å². The van der Waals surface area contributed by atoms with Crippen molar-refractivity contribution in [2.75, 3.05) is 0 Å². The fourth-order valence-corrected chi connectivity index (χ4v) is 2.57. The van der Waals surface area contributed by atoms with E-state index in [1.54, 1.807) is 0 Å². The summed E-state index contributed by atoms with van der Waals surface area (Å²) < 4.78 is 1.23. The van der Waals surface area contributed by atoms with Gasteiger partial charge in [0.1, 0.15) is 0 Å². The summed E-state index contributed by atoms with van der Waals surface area (Å²) in [7, 11) is 0. The van der Waals surface area contributed by atoms with E-state index in [2.05, 4.69) is 53.6 Å². The topological polar surface area (TPSA) is 12.9 Å². The van der Waals surface area contributed by atoms with E-state index < -0.39 is 0 Å². The lowest BCUT2D eigenvalue weighted by atomic mass is 10.0. The summed E-state index contributed by atoms with van der Waals surface area (Å²) in [6.07, 6.45) is 3.84. The van der Waals surface area contributed by atoms with Gasteiger partial charge in [-0.3, -0.25) is 4.98 Å². The smallest absolute Gasteiger partial charge is 0.0408 e. The summed E-state index contributed by atoms with van der Waals surface area (Å²) in [6.45, 7) is 4.27. The van der Waals surface area contributed by atoms with E-state index in [1.165, 1.54) is 25.5 Å². The molecule has 1 aromatic carbocycles. The number of hydrogen-bond donors (Lipinski definition) is 0. The standard InChI is InChI=1S/C11H10IN/c1-7-3-8(2)11-9(4-7)5-13-6-10(11)12/h3-6H,1-2H3. The maximum absolute atomic E-state index is 4.19. The molecule has 1 nitrogen and oxygen atoms in total. The van der Waals surface area contributed by atoms with E-state index in [0.717, 1.165) is 0 Å². The van der Waals surface area contributed by atoms with Gasteiger partial charge in [-0.05, 0) is 48.1 Å². The molecule has 1 heterocycles. The molecule has 0 unspecified atom stereocenters. The summed E-state index contributed by atoms with van der Waals surface area (Å²) in [4.78, 5) is 4.19. The normalized spacial score (nSPS) is 10.7. The lowest BCUT2D eigenvalue weighted by Crippen LogP contribution is -1.86. The maximum Gasteiger partial charge on any atom is 0.0408 e. The van der Waals surface area contributed by atoms with Crippen molar-refractivity contribution >= 4 is 33.4 Å². The van der Waals surface area contributed by atoms with E-state index in [9.17, 15) is 0 Å². The molecule has 2 aromatic rings. The maximum atomic E-state index is 4.19. The predicted molar refractivity (Wildman–Crippen MR) is 63.9 cm³/mol. The minimum Gasteiger partial charge on any atom is -0.263 e. The zero-order chi connectivity index (χ0) is 9.42. The highest BCUT2D eigenvalue weighted by Crippen LogP contribution is 2.24. The number of nitrogens with zero attached hydrogens (tertiary/aromatic N) is 1. The second-order valence-corrected chi connectivity index (χ2v) is 4.46. The van der Waals surface area contributed by atoms with Gasteiger partial charge >= 0.3 is 0 Å². The lowest BCUT2D eigenvalue weighted by Gasteiger charge is -2.05. The number of pyridine rings is 1. The Bertz CT molecular complexity index is 463. The van der Waals surface area contributed by atoms with Crippen LogP contribution in [0.3, 0.4) is 0 Å². The van der Waals surface area contributed by atoms with Crippen molar-refractivity contribution in [3.05, 3.63) is 39.2 Å². The Morgan fingerprint density at radius 1 is 1.15 bits per heavy atom. The van der Waals surface area contributed by atoms with Crippen molar-refractivity contribution < 1.29 is 0 Å². The van der Waals surface area contributed by atoms with E-state index in [1.807, 2.05) is 12.4 Å². The summed E-state index contributed by atoms with van der Waals surface area (Å²) in [5.74, 6) is 0. The van der Waals surface area contributed by atoms with Crippen LogP contribution in [0.25, 0.3) is 10.8 Å². The van der Waals surface area contributed by atoms with Crippen LogP contribution in [0.5, 0.6) is 0 Å². The number of hydrogen-bond acceptors (Lipinski definition) is 1. The molecule has 13 heavy (non-hydrogen) atoms. The highest BCUT2D eigenvalue weighted by atomic mass is 127. The van der Waals surface area contributed by atoms with Gasteiger partial charge in [0.25, 0.3) is 0 Å². The highest BCUT2D eigenvalue weighted by Gasteiger charge is 2.02. The van der Waals surface area contributed by atoms with Crippen molar-refractivity contribution in [1.82, 2.24) is 4.98 Å². The number of benzene rings is 1. The van der Waals surface area contributed by atoms with Gasteiger partial charge in [-0.25, -0.2) is 0 Å². The summed E-state index contributed by atoms with van der Waals surface area (Å²) in [5.41, 5.74) is 2.63. The average Bonchev–Trinajstić information content (AvgIpc) is 2.02. The van der Waals surface area contributed by atoms with Gasteiger partial charge in [0.15, 0.2) is 0 Å². The summed E-state index contributed by atoms with van der Waals surface area (Å²) in [5, 5.41) is 2.57. The summed E-state index contributed by atoms with van der Waals surface area (Å²) in [6, 6.07) is 4.39. The first-order valence-electron chi connectivity index (χ1n) is 4.19. The molecule has 2 rings (SSSR count). The molecular formula is C11H10IN. The number of halogens is 1. The fourth-order valence-electron chi connectivity index (χ4n) is 1.68. The molecule has 0 fully saturated rings. The van der Waals surface area contributed by atoms with Crippen LogP contribution < -0.4 is 0 Å². The molecule has 1 aromatic heterocycles. The van der Waals surface area contributed by atoms with Crippen LogP contribution in [0.2, 0.25) is 0 Å². The van der Waals surface area contributed by atoms with E-state index in [-0.39, 0.29) is 0 Å². The molecule has 0 aliphatic rings. The van der Waals surface area contributed by atoms with Gasteiger partial charge in [-0.2, -0.15) is 0 Å². The highest BCUT2D eigenvalue weighted by molar-refractivity contribution is 14.1. The third-order valence-corrected chi connectivity index (χ3v) is 2.97. The Kier molecular flexibility index (Phi) is 2.24. The van der Waals surface area contributed by atoms with Crippen molar-refractivity contribution in [3.8, 4) is 0 Å². The van der Waals surface area contributed by atoms with Crippen LogP contribution in [0.4, 0.5) is 0 Å². The minimum atomic E-state index is 1.23. The van der Waals surface area contributed by atoms with Gasteiger partial charge in [0.2, 0.25) is 0 Å². The third kappa shape index (κ3) is 1.55. The van der Waals surface area contributed by atoms with Gasteiger partial charge in [-0.1, -0.05) is 11.6 Å². The van der Waals surface area contributed by atoms with Gasteiger partial charge in [0, 0.05) is 26.7 Å². The van der Waals surface area contributed by atoms with E-state index in [0.29, 0.717) is 0 Å². The molecule has 0 N–H and O–H groups in total. The van der Waals surface area contributed by atoms with E-state index >= 15 is 0 Å². The Morgan fingerprint density at radius 3 is 2.69 bits per heavy atom. The van der Waals surface area contributed by atoms with Crippen LogP contribution in [0.1, 0.15) is 11.1 Å². The minimum absolute atomic E-state index is 1.23. The molecule has 0 aliphatic heterocycles. The summed E-state index contributed by atoms with van der Waals surface area (Å²) >= 11 is 2.33. The number of rotatable bonds is 0. The Hall–Kier alpha value is -0.640. The Balaban J connectivity index is 2.94. The van der Waals surface area contributed by atoms with Crippen LogP contribution in [0, 0.1) is 17.4 Å². The SMILES string of the molecule is Cc1cc(C)c2c(I)cncc2c1. The molecule has 0 saturated carbocycles. The second-order valence-electron chi connectivity index (χ2n) is 3.30. The molecule has 0 bridgehead atoms. The van der Waals surface area contributed by atoms with Crippen LogP contribution >= 0.6 is 22.6 Å². The van der Waals surface area contributed by atoms with Crippen LogP contribution in [0.15, 0.2) is 24.5 Å². The average molecular weight is 283 g/mol. The second kappa shape index (κ2) is 3.25. The molecule has 0 spiro atoms. The first-order valence-corrected chi connectivity index (χ1v) is 5.27. The van der Waals surface area contributed by atoms with Crippen molar-refractivity contribution in [2.45, 2.75) is 13.8 Å². The molecule has 0 radical (unpaired) electrons. The third-order valence-electron chi connectivity index (χ3n) is 2.15. The fraction of sp³-hybridized carbons (Fsp3) is 0.182. The van der Waals surface area contributed by atoms with Crippen LogP contribution in [-0.2, 0) is 0 Å². The lowest BCUT2D eigenvalue weighted by molar-refractivity contribution is 1.32. The Labute approximate surface area is 91.3 Å². The molecule has 0 aliphatic carbocycles. The molecular weight excluding hydrogens is 273 g/mol. The predicted octanol–water partition coefficient (Wildman–Crippen LogP) is 3.46. The largest absolute Gasteiger partial charge is 0.263 e. The van der Waals surface area contributed by atoms with E-state index in [4.69, 9.17) is 0 Å². The molecule has 0 saturated heterocycles. The first kappa shape index (κ1) is 8.94. The van der Waals surface area contributed by atoms with Crippen molar-refractivity contribution in [3.63, 3.8) is 0 Å². The molecule has 0 amide bonds. The zero-order valence-electron chi connectivity index (χ0n) is 7.63. The van der Waals surface area contributed by atoms with Crippen molar-refractivity contribution in [1.29, 1.82) is 0 Å². The van der Waals surface area contributed by atoms with Gasteiger partial charge in [0.05, 0.1) is 0 Å². The quantitative estimate of drug-likeness (QED) is 0.675. The van der Waals surface area contributed by atoms with Gasteiger partial charge < -0.3 is 0 Å². The van der Waals surface area contributed by atoms with Crippen molar-refractivity contribution in [2.24, 2.45) is 0 Å². The van der Waals surface area contributed by atoms with Gasteiger partial charge in [-0.15, -0.1) is 0 Å². The number of aromatic nitrogens is 1. The first-order chi connectivity index (χ1) is 6.18. The molecule has 66 valence electrons. The molecule has 0 atom stereocenters. The zero-order valence-corrected chi connectivity index (χ0v) is 9.79. The monoisotopic (exact) mass is 283 g/mol. The number of aryl methyl sites for hydroxylation is 2.